The number of nitrogens with zero attached hydrogens (tertiary/aromatic N) is 1. The van der Waals surface area contributed by atoms with Crippen LogP contribution in [0.25, 0.3) is 0 Å². The monoisotopic (exact) mass is 320 g/mol. The fourth-order valence-corrected chi connectivity index (χ4v) is 2.65. The van der Waals surface area contributed by atoms with Crippen molar-refractivity contribution in [1.82, 2.24) is 10.2 Å². The number of nitrogens with one attached hydrogen (secondary N) is 1. The SMILES string of the molecule is CC(C)COc1ccc(CNC(=O)N2CCCC(CO)C2)cc1. The topological polar surface area (TPSA) is 61.8 Å². The van der Waals surface area contributed by atoms with Crippen molar-refractivity contribution >= 4 is 6.03 Å². The third kappa shape index (κ3) is 5.75. The summed E-state index contributed by atoms with van der Waals surface area (Å²) in [5, 5.41) is 12.2. The maximum absolute atomic E-state index is 12.2. The lowest BCUT2D eigenvalue weighted by Gasteiger charge is -2.31. The Kier molecular flexibility index (Phi) is 6.71. The predicted molar refractivity (Wildman–Crippen MR) is 90.4 cm³/mol. The Hall–Kier alpha value is -1.75. The molecule has 1 heterocycles. The van der Waals surface area contributed by atoms with Crippen molar-refractivity contribution in [3.63, 3.8) is 0 Å². The number of likely N-dealkylation sites (tertiary alicyclic amines) is 1. The maximum atomic E-state index is 12.2. The van der Waals surface area contributed by atoms with Crippen LogP contribution in [0.2, 0.25) is 0 Å². The Morgan fingerprint density at radius 1 is 1.39 bits per heavy atom. The Morgan fingerprint density at radius 3 is 2.78 bits per heavy atom. The summed E-state index contributed by atoms with van der Waals surface area (Å²) in [5.41, 5.74) is 1.05. The van der Waals surface area contributed by atoms with E-state index in [-0.39, 0.29) is 18.6 Å². The standard InChI is InChI=1S/C18H28N2O3/c1-14(2)13-23-17-7-5-15(6-8-17)10-19-18(22)20-9-3-4-16(11-20)12-21/h5-8,14,16,21H,3-4,9-13H2,1-2H3,(H,19,22). The van der Waals surface area contributed by atoms with E-state index in [2.05, 4.69) is 19.2 Å². The quantitative estimate of drug-likeness (QED) is 0.847. The first kappa shape index (κ1) is 17.6. The van der Waals surface area contributed by atoms with E-state index in [0.29, 0.717) is 25.6 Å². The summed E-state index contributed by atoms with van der Waals surface area (Å²) < 4.78 is 5.65. The number of aliphatic hydroxyl groups excluding tert-OH is 1. The maximum Gasteiger partial charge on any atom is 0.317 e. The van der Waals surface area contributed by atoms with Crippen LogP contribution >= 0.6 is 0 Å². The fraction of sp³-hybridized carbons (Fsp3) is 0.611. The number of carbonyl (C=O) groups is 1. The molecule has 5 heteroatoms. The van der Waals surface area contributed by atoms with Gasteiger partial charge in [0.15, 0.2) is 0 Å². The zero-order chi connectivity index (χ0) is 16.7. The molecule has 1 atom stereocenters. The van der Waals surface area contributed by atoms with E-state index in [1.807, 2.05) is 24.3 Å². The third-order valence-electron chi connectivity index (χ3n) is 4.01. The highest BCUT2D eigenvalue weighted by Gasteiger charge is 2.22. The number of hydrogen-bond acceptors (Lipinski definition) is 3. The second kappa shape index (κ2) is 8.77. The van der Waals surface area contributed by atoms with Crippen LogP contribution < -0.4 is 10.1 Å². The van der Waals surface area contributed by atoms with E-state index in [9.17, 15) is 9.90 Å². The number of benzene rings is 1. The minimum absolute atomic E-state index is 0.0525. The van der Waals surface area contributed by atoms with Crippen molar-refractivity contribution in [3.05, 3.63) is 29.8 Å². The molecule has 2 rings (SSSR count). The summed E-state index contributed by atoms with van der Waals surface area (Å²) in [6.45, 7) is 7.01. The first-order valence-corrected chi connectivity index (χ1v) is 8.44. The number of urea groups is 1. The molecule has 1 aromatic rings. The van der Waals surface area contributed by atoms with Crippen LogP contribution in [0.4, 0.5) is 4.79 Å². The first-order valence-electron chi connectivity index (χ1n) is 8.44. The van der Waals surface area contributed by atoms with Gasteiger partial charge in [-0.15, -0.1) is 0 Å². The molecule has 0 bridgehead atoms. The number of piperidine rings is 1. The number of hydrogen-bond donors (Lipinski definition) is 2. The lowest BCUT2D eigenvalue weighted by molar-refractivity contribution is 0.129. The van der Waals surface area contributed by atoms with Gasteiger partial charge < -0.3 is 20.1 Å². The van der Waals surface area contributed by atoms with Crippen LogP contribution in [0, 0.1) is 11.8 Å². The van der Waals surface area contributed by atoms with Crippen molar-refractivity contribution in [2.75, 3.05) is 26.3 Å². The molecule has 0 radical (unpaired) electrons. The summed E-state index contributed by atoms with van der Waals surface area (Å²) in [7, 11) is 0. The van der Waals surface area contributed by atoms with Crippen molar-refractivity contribution in [2.24, 2.45) is 11.8 Å². The van der Waals surface area contributed by atoms with Gasteiger partial charge in [0.1, 0.15) is 5.75 Å². The van der Waals surface area contributed by atoms with Gasteiger partial charge in [0.25, 0.3) is 0 Å². The van der Waals surface area contributed by atoms with Crippen LogP contribution in [0.15, 0.2) is 24.3 Å². The van der Waals surface area contributed by atoms with E-state index < -0.39 is 0 Å². The van der Waals surface area contributed by atoms with Gasteiger partial charge in [0.2, 0.25) is 0 Å². The Labute approximate surface area is 138 Å². The zero-order valence-electron chi connectivity index (χ0n) is 14.1. The van der Waals surface area contributed by atoms with E-state index in [1.165, 1.54) is 0 Å². The molecule has 1 aliphatic heterocycles. The normalized spacial score (nSPS) is 18.1. The predicted octanol–water partition coefficient (Wildman–Crippen LogP) is 2.64. The van der Waals surface area contributed by atoms with Gasteiger partial charge in [-0.3, -0.25) is 0 Å². The van der Waals surface area contributed by atoms with Crippen molar-refractivity contribution < 1.29 is 14.6 Å². The molecule has 5 nitrogen and oxygen atoms in total. The lowest BCUT2D eigenvalue weighted by atomic mass is 9.99. The van der Waals surface area contributed by atoms with Gasteiger partial charge in [-0.05, 0) is 42.4 Å². The molecule has 0 saturated carbocycles. The second-order valence-electron chi connectivity index (χ2n) is 6.64. The average Bonchev–Trinajstić information content (AvgIpc) is 2.58. The number of ether oxygens (including phenoxy) is 1. The molecular formula is C18H28N2O3. The van der Waals surface area contributed by atoms with Crippen LogP contribution in [-0.2, 0) is 6.54 Å². The van der Waals surface area contributed by atoms with E-state index >= 15 is 0 Å². The molecule has 0 aromatic heterocycles. The van der Waals surface area contributed by atoms with Crippen molar-refractivity contribution in [1.29, 1.82) is 0 Å². The molecule has 1 aromatic carbocycles. The highest BCUT2D eigenvalue weighted by molar-refractivity contribution is 5.74. The summed E-state index contributed by atoms with van der Waals surface area (Å²) in [5.74, 6) is 1.57. The summed E-state index contributed by atoms with van der Waals surface area (Å²) in [4.78, 5) is 14.0. The molecular weight excluding hydrogens is 292 g/mol. The Bertz CT molecular complexity index is 488. The number of aliphatic hydroxyl groups is 1. The van der Waals surface area contributed by atoms with Gasteiger partial charge in [-0.1, -0.05) is 26.0 Å². The van der Waals surface area contributed by atoms with Gasteiger partial charge >= 0.3 is 6.03 Å². The lowest BCUT2D eigenvalue weighted by Crippen LogP contribution is -2.45. The van der Waals surface area contributed by atoms with Gasteiger partial charge in [0, 0.05) is 26.2 Å². The van der Waals surface area contributed by atoms with Crippen molar-refractivity contribution in [2.45, 2.75) is 33.2 Å². The molecule has 2 amide bonds. The Balaban J connectivity index is 1.77. The minimum atomic E-state index is -0.0525. The molecule has 1 aliphatic rings. The molecule has 0 spiro atoms. The smallest absolute Gasteiger partial charge is 0.317 e. The van der Waals surface area contributed by atoms with Crippen molar-refractivity contribution in [3.8, 4) is 5.75 Å². The number of carbonyl (C=O) groups excluding carboxylic acids is 1. The summed E-state index contributed by atoms with van der Waals surface area (Å²) in [6, 6.07) is 7.77. The van der Waals surface area contributed by atoms with E-state index in [4.69, 9.17) is 4.74 Å². The van der Waals surface area contributed by atoms with Crippen LogP contribution in [0.1, 0.15) is 32.3 Å². The minimum Gasteiger partial charge on any atom is -0.493 e. The number of amides is 2. The molecule has 1 saturated heterocycles. The summed E-state index contributed by atoms with van der Waals surface area (Å²) in [6.07, 6.45) is 1.96. The second-order valence-corrected chi connectivity index (χ2v) is 6.64. The van der Waals surface area contributed by atoms with E-state index in [1.54, 1.807) is 4.90 Å². The molecule has 1 fully saturated rings. The van der Waals surface area contributed by atoms with Crippen LogP contribution in [-0.4, -0.2) is 42.3 Å². The van der Waals surface area contributed by atoms with Gasteiger partial charge in [-0.25, -0.2) is 4.79 Å². The average molecular weight is 320 g/mol. The first-order chi connectivity index (χ1) is 11.1. The highest BCUT2D eigenvalue weighted by Crippen LogP contribution is 2.16. The largest absolute Gasteiger partial charge is 0.493 e. The molecule has 2 N–H and O–H groups in total. The van der Waals surface area contributed by atoms with Gasteiger partial charge in [0.05, 0.1) is 6.61 Å². The van der Waals surface area contributed by atoms with Gasteiger partial charge in [-0.2, -0.15) is 0 Å². The molecule has 23 heavy (non-hydrogen) atoms. The molecule has 1 unspecified atom stereocenters. The van der Waals surface area contributed by atoms with E-state index in [0.717, 1.165) is 30.7 Å². The zero-order valence-corrected chi connectivity index (χ0v) is 14.1. The molecule has 0 aliphatic carbocycles. The Morgan fingerprint density at radius 2 is 2.13 bits per heavy atom. The third-order valence-corrected chi connectivity index (χ3v) is 4.01. The number of rotatable bonds is 6. The van der Waals surface area contributed by atoms with Crippen LogP contribution in [0.5, 0.6) is 5.75 Å². The summed E-state index contributed by atoms with van der Waals surface area (Å²) >= 11 is 0. The molecule has 128 valence electrons. The van der Waals surface area contributed by atoms with Crippen LogP contribution in [0.3, 0.4) is 0 Å². The highest BCUT2D eigenvalue weighted by atomic mass is 16.5. The fourth-order valence-electron chi connectivity index (χ4n) is 2.65.